The Hall–Kier alpha value is -3.21. The number of benzene rings is 2. The van der Waals surface area contributed by atoms with Crippen LogP contribution >= 0.6 is 0 Å². The van der Waals surface area contributed by atoms with Crippen LogP contribution in [0, 0.1) is 5.41 Å². The van der Waals surface area contributed by atoms with E-state index in [2.05, 4.69) is 10.3 Å². The maximum atomic E-state index is 7.50. The van der Waals surface area contributed by atoms with Crippen molar-refractivity contribution in [3.05, 3.63) is 54.9 Å². The molecular weight excluding hydrogens is 288 g/mol. The number of aromatic nitrogens is 2. The zero-order valence-electron chi connectivity index (χ0n) is 12.5. The van der Waals surface area contributed by atoms with Gasteiger partial charge in [-0.15, -0.1) is 0 Å². The first kappa shape index (κ1) is 13.5. The number of hydrogen-bond acceptors (Lipinski definition) is 4. The highest BCUT2D eigenvalue weighted by atomic mass is 16.3. The second-order valence-corrected chi connectivity index (χ2v) is 5.39. The lowest BCUT2D eigenvalue weighted by Crippen LogP contribution is -2.04. The molecule has 0 unspecified atom stereocenters. The van der Waals surface area contributed by atoms with Crippen LogP contribution in [0.4, 0.5) is 5.69 Å². The van der Waals surface area contributed by atoms with Crippen molar-refractivity contribution in [2.45, 2.75) is 6.92 Å². The molecule has 112 valence electrons. The van der Waals surface area contributed by atoms with Crippen LogP contribution in [0.3, 0.4) is 0 Å². The van der Waals surface area contributed by atoms with Gasteiger partial charge in [-0.05, 0) is 49.4 Å². The van der Waals surface area contributed by atoms with Crippen LogP contribution < -0.4 is 5.32 Å². The molecule has 4 rings (SSSR count). The third-order valence-electron chi connectivity index (χ3n) is 3.65. The van der Waals surface area contributed by atoms with E-state index in [9.17, 15) is 0 Å². The van der Waals surface area contributed by atoms with Crippen molar-refractivity contribution in [3.8, 4) is 11.3 Å². The highest BCUT2D eigenvalue weighted by Gasteiger charge is 2.06. The predicted molar refractivity (Wildman–Crippen MR) is 91.8 cm³/mol. The van der Waals surface area contributed by atoms with Gasteiger partial charge in [-0.2, -0.15) is 0 Å². The minimum absolute atomic E-state index is 0.412. The number of amidine groups is 1. The summed E-state index contributed by atoms with van der Waals surface area (Å²) >= 11 is 0. The second-order valence-electron chi connectivity index (χ2n) is 5.39. The summed E-state index contributed by atoms with van der Waals surface area (Å²) < 4.78 is 5.27. The minimum atomic E-state index is 0.412. The average Bonchev–Trinajstić information content (AvgIpc) is 3.01. The van der Waals surface area contributed by atoms with Gasteiger partial charge in [0, 0.05) is 16.6 Å². The van der Waals surface area contributed by atoms with Crippen LogP contribution in [0.5, 0.6) is 0 Å². The summed E-state index contributed by atoms with van der Waals surface area (Å²) in [5.41, 5.74) is 5.30. The zero-order chi connectivity index (χ0) is 15.8. The molecule has 0 aliphatic heterocycles. The van der Waals surface area contributed by atoms with E-state index in [0.29, 0.717) is 5.84 Å². The van der Waals surface area contributed by atoms with Gasteiger partial charge in [0.25, 0.3) is 0 Å². The number of oxazole rings is 1. The van der Waals surface area contributed by atoms with Crippen LogP contribution in [-0.4, -0.2) is 15.8 Å². The predicted octanol–water partition coefficient (Wildman–Crippen LogP) is 4.45. The van der Waals surface area contributed by atoms with Crippen molar-refractivity contribution >= 4 is 33.5 Å². The van der Waals surface area contributed by atoms with E-state index in [0.717, 1.165) is 38.9 Å². The number of rotatable bonds is 2. The Kier molecular flexibility index (Phi) is 3.05. The van der Waals surface area contributed by atoms with E-state index in [1.165, 1.54) is 6.39 Å². The van der Waals surface area contributed by atoms with Gasteiger partial charge >= 0.3 is 0 Å². The first-order chi connectivity index (χ1) is 11.2. The topological polar surface area (TPSA) is 74.8 Å². The summed E-state index contributed by atoms with van der Waals surface area (Å²) in [5.74, 6) is 0.412. The maximum absolute atomic E-state index is 7.50. The van der Waals surface area contributed by atoms with Crippen LogP contribution in [0.2, 0.25) is 0 Å². The summed E-state index contributed by atoms with van der Waals surface area (Å²) in [6.07, 6.45) is 1.45. The van der Waals surface area contributed by atoms with Gasteiger partial charge in [0.05, 0.1) is 17.0 Å². The lowest BCUT2D eigenvalue weighted by molar-refractivity contribution is 0.602. The fourth-order valence-corrected chi connectivity index (χ4v) is 2.60. The van der Waals surface area contributed by atoms with Gasteiger partial charge in [-0.25, -0.2) is 9.97 Å². The standard InChI is InChI=1S/C18H14N4O/c1-11(19)21-14-4-6-16-12(8-14)2-5-15(22-16)13-3-7-18-17(9-13)20-10-23-18/h2-10H,1H3,(H2,19,21). The summed E-state index contributed by atoms with van der Waals surface area (Å²) in [6.45, 7) is 1.71. The summed E-state index contributed by atoms with van der Waals surface area (Å²) in [7, 11) is 0. The molecule has 0 bridgehead atoms. The largest absolute Gasteiger partial charge is 0.443 e. The number of nitrogens with zero attached hydrogens (tertiary/aromatic N) is 2. The molecule has 5 nitrogen and oxygen atoms in total. The molecule has 0 spiro atoms. The van der Waals surface area contributed by atoms with Gasteiger partial charge in [0.2, 0.25) is 0 Å². The summed E-state index contributed by atoms with van der Waals surface area (Å²) in [6, 6.07) is 15.8. The van der Waals surface area contributed by atoms with Gasteiger partial charge in [-0.1, -0.05) is 6.07 Å². The lowest BCUT2D eigenvalue weighted by atomic mass is 10.1. The van der Waals surface area contributed by atoms with Crippen molar-refractivity contribution in [3.63, 3.8) is 0 Å². The second kappa shape index (κ2) is 5.21. The highest BCUT2D eigenvalue weighted by Crippen LogP contribution is 2.25. The Morgan fingerprint density at radius 2 is 1.96 bits per heavy atom. The third-order valence-corrected chi connectivity index (χ3v) is 3.65. The number of hydrogen-bond donors (Lipinski definition) is 2. The quantitative estimate of drug-likeness (QED) is 0.423. The van der Waals surface area contributed by atoms with Gasteiger partial charge in [0.1, 0.15) is 5.52 Å². The molecule has 0 fully saturated rings. The van der Waals surface area contributed by atoms with E-state index in [1.54, 1.807) is 6.92 Å². The van der Waals surface area contributed by atoms with Crippen molar-refractivity contribution in [2.24, 2.45) is 0 Å². The number of pyridine rings is 1. The Bertz CT molecular complexity index is 1040. The van der Waals surface area contributed by atoms with Crippen LogP contribution in [0.1, 0.15) is 6.92 Å². The van der Waals surface area contributed by atoms with Gasteiger partial charge in [-0.3, -0.25) is 5.41 Å². The summed E-state index contributed by atoms with van der Waals surface area (Å²) in [4.78, 5) is 8.90. The third kappa shape index (κ3) is 2.53. The number of anilines is 1. The zero-order valence-corrected chi connectivity index (χ0v) is 12.5. The van der Waals surface area contributed by atoms with E-state index < -0.39 is 0 Å². The van der Waals surface area contributed by atoms with E-state index in [-0.39, 0.29) is 0 Å². The van der Waals surface area contributed by atoms with Gasteiger partial charge < -0.3 is 9.73 Å². The molecule has 5 heteroatoms. The molecule has 0 radical (unpaired) electrons. The van der Waals surface area contributed by atoms with Crippen LogP contribution in [-0.2, 0) is 0 Å². The smallest absolute Gasteiger partial charge is 0.181 e. The molecule has 0 saturated carbocycles. The first-order valence-electron chi connectivity index (χ1n) is 7.26. The van der Waals surface area contributed by atoms with Crippen molar-refractivity contribution < 1.29 is 4.42 Å². The van der Waals surface area contributed by atoms with E-state index in [4.69, 9.17) is 14.8 Å². The molecule has 2 aromatic carbocycles. The molecule has 0 atom stereocenters. The van der Waals surface area contributed by atoms with Crippen LogP contribution in [0.25, 0.3) is 33.3 Å². The lowest BCUT2D eigenvalue weighted by Gasteiger charge is -2.07. The molecular formula is C18H14N4O. The van der Waals surface area contributed by atoms with Crippen LogP contribution in [0.15, 0.2) is 59.3 Å². The van der Waals surface area contributed by atoms with Gasteiger partial charge in [0.15, 0.2) is 12.0 Å². The molecule has 0 saturated heterocycles. The molecule has 2 N–H and O–H groups in total. The summed E-state index contributed by atoms with van der Waals surface area (Å²) in [5, 5.41) is 11.5. The monoisotopic (exact) mass is 302 g/mol. The first-order valence-corrected chi connectivity index (χ1v) is 7.26. The Labute approximate surface area is 132 Å². The number of nitrogens with one attached hydrogen (secondary N) is 2. The molecule has 2 aromatic heterocycles. The fourth-order valence-electron chi connectivity index (χ4n) is 2.60. The molecule has 0 amide bonds. The average molecular weight is 302 g/mol. The molecule has 0 aliphatic rings. The Morgan fingerprint density at radius 3 is 2.83 bits per heavy atom. The minimum Gasteiger partial charge on any atom is -0.443 e. The normalized spacial score (nSPS) is 11.0. The van der Waals surface area contributed by atoms with Crippen molar-refractivity contribution in [1.82, 2.24) is 9.97 Å². The van der Waals surface area contributed by atoms with Crippen molar-refractivity contribution in [1.29, 1.82) is 5.41 Å². The Balaban J connectivity index is 1.77. The highest BCUT2D eigenvalue weighted by molar-refractivity contribution is 5.94. The maximum Gasteiger partial charge on any atom is 0.181 e. The SMILES string of the molecule is CC(=N)Nc1ccc2nc(-c3ccc4ocnc4c3)ccc2c1. The van der Waals surface area contributed by atoms with E-state index >= 15 is 0 Å². The molecule has 0 aliphatic carbocycles. The Morgan fingerprint density at radius 1 is 1.04 bits per heavy atom. The number of fused-ring (bicyclic) bond motifs is 2. The molecule has 2 heterocycles. The fraction of sp³-hybridized carbons (Fsp3) is 0.0556. The van der Waals surface area contributed by atoms with E-state index in [1.807, 2.05) is 48.5 Å². The molecule has 23 heavy (non-hydrogen) atoms. The van der Waals surface area contributed by atoms with Crippen molar-refractivity contribution in [2.75, 3.05) is 5.32 Å². The molecule has 4 aromatic rings.